The molecule has 0 atom stereocenters. The molecule has 0 amide bonds. The summed E-state index contributed by atoms with van der Waals surface area (Å²) in [6.45, 7) is 4.77. The Balaban J connectivity index is 2.07. The minimum atomic E-state index is 0.363. The number of ketones is 1. The fourth-order valence-corrected chi connectivity index (χ4v) is 1.92. The van der Waals surface area contributed by atoms with Gasteiger partial charge in [-0.25, -0.2) is 0 Å². The van der Waals surface area contributed by atoms with Crippen LogP contribution in [0.4, 0.5) is 0 Å². The highest BCUT2D eigenvalue weighted by molar-refractivity contribution is 5.80. The molecule has 2 heteroatoms. The van der Waals surface area contributed by atoms with Crippen molar-refractivity contribution in [3.8, 4) is 0 Å². The molecule has 0 bridgehead atoms. The molecule has 0 aromatic carbocycles. The third kappa shape index (κ3) is 4.41. The lowest BCUT2D eigenvalue weighted by atomic mass is 10.1. The summed E-state index contributed by atoms with van der Waals surface area (Å²) in [5, 5.41) is 3.34. The quantitative estimate of drug-likeness (QED) is 0.707. The second-order valence-corrected chi connectivity index (χ2v) is 4.50. The van der Waals surface area contributed by atoms with E-state index in [2.05, 4.69) is 19.2 Å². The molecule has 0 spiro atoms. The molecule has 0 aliphatic heterocycles. The smallest absolute Gasteiger partial charge is 0.146 e. The van der Waals surface area contributed by atoms with E-state index >= 15 is 0 Å². The summed E-state index contributed by atoms with van der Waals surface area (Å²) in [6, 6.07) is 0.621. The van der Waals surface area contributed by atoms with Gasteiger partial charge in [-0.15, -0.1) is 0 Å². The first-order valence-corrected chi connectivity index (χ1v) is 5.43. The van der Waals surface area contributed by atoms with Crippen molar-refractivity contribution in [2.24, 2.45) is 5.92 Å². The molecule has 2 nitrogen and oxygen atoms in total. The predicted octanol–water partition coefficient (Wildman–Crippen LogP) is 2.13. The lowest BCUT2D eigenvalue weighted by molar-refractivity contribution is -0.119. The average molecular weight is 183 g/mol. The van der Waals surface area contributed by atoms with E-state index in [0.29, 0.717) is 24.3 Å². The Hall–Kier alpha value is -0.370. The predicted molar refractivity (Wildman–Crippen MR) is 54.7 cm³/mol. The number of Topliss-reactive ketones (excluding diaryl/α,β-unsaturated/α-hetero) is 1. The van der Waals surface area contributed by atoms with E-state index in [1.54, 1.807) is 0 Å². The zero-order chi connectivity index (χ0) is 9.68. The molecule has 0 heterocycles. The average Bonchev–Trinajstić information content (AvgIpc) is 2.51. The van der Waals surface area contributed by atoms with Gasteiger partial charge in [-0.05, 0) is 18.8 Å². The van der Waals surface area contributed by atoms with Crippen LogP contribution in [-0.4, -0.2) is 18.4 Å². The molecule has 0 unspecified atom stereocenters. The standard InChI is InChI=1S/C11H21NO/c1-9(2)7-11(13)8-12-10-5-3-4-6-10/h9-10,12H,3-8H2,1-2H3. The Labute approximate surface area is 81.1 Å². The fraction of sp³-hybridized carbons (Fsp3) is 0.909. The lowest BCUT2D eigenvalue weighted by Crippen LogP contribution is -2.31. The maximum atomic E-state index is 11.3. The first-order chi connectivity index (χ1) is 6.18. The minimum absolute atomic E-state index is 0.363. The van der Waals surface area contributed by atoms with Crippen molar-refractivity contribution in [3.05, 3.63) is 0 Å². The van der Waals surface area contributed by atoms with Gasteiger partial charge in [0.2, 0.25) is 0 Å². The third-order valence-electron chi connectivity index (χ3n) is 2.58. The molecule has 76 valence electrons. The molecule has 13 heavy (non-hydrogen) atoms. The van der Waals surface area contributed by atoms with E-state index < -0.39 is 0 Å². The lowest BCUT2D eigenvalue weighted by Gasteiger charge is -2.11. The Morgan fingerprint density at radius 2 is 2.00 bits per heavy atom. The van der Waals surface area contributed by atoms with Crippen LogP contribution in [0.25, 0.3) is 0 Å². The van der Waals surface area contributed by atoms with Crippen LogP contribution < -0.4 is 5.32 Å². The molecule has 0 saturated heterocycles. The van der Waals surface area contributed by atoms with E-state index in [-0.39, 0.29) is 0 Å². The van der Waals surface area contributed by atoms with Gasteiger partial charge in [-0.2, -0.15) is 0 Å². The largest absolute Gasteiger partial charge is 0.307 e. The number of nitrogens with one attached hydrogen (secondary N) is 1. The number of hydrogen-bond acceptors (Lipinski definition) is 2. The zero-order valence-electron chi connectivity index (χ0n) is 8.81. The van der Waals surface area contributed by atoms with Crippen molar-refractivity contribution in [1.82, 2.24) is 5.32 Å². The summed E-state index contributed by atoms with van der Waals surface area (Å²) >= 11 is 0. The molecule has 1 saturated carbocycles. The van der Waals surface area contributed by atoms with Crippen molar-refractivity contribution in [1.29, 1.82) is 0 Å². The molecule has 0 radical (unpaired) electrons. The summed E-state index contributed by atoms with van der Waals surface area (Å²) < 4.78 is 0. The highest BCUT2D eigenvalue weighted by atomic mass is 16.1. The van der Waals surface area contributed by atoms with Crippen molar-refractivity contribution in [3.63, 3.8) is 0 Å². The van der Waals surface area contributed by atoms with Crippen LogP contribution in [0.15, 0.2) is 0 Å². The van der Waals surface area contributed by atoms with E-state index in [0.717, 1.165) is 6.42 Å². The summed E-state index contributed by atoms with van der Waals surface area (Å²) in [6.07, 6.45) is 5.90. The molecule has 1 N–H and O–H groups in total. The van der Waals surface area contributed by atoms with Crippen LogP contribution in [0, 0.1) is 5.92 Å². The second-order valence-electron chi connectivity index (χ2n) is 4.50. The molecular weight excluding hydrogens is 162 g/mol. The number of carbonyl (C=O) groups excluding carboxylic acids is 1. The summed E-state index contributed by atoms with van der Waals surface area (Å²) in [4.78, 5) is 11.3. The van der Waals surface area contributed by atoms with Gasteiger partial charge in [0.15, 0.2) is 0 Å². The first-order valence-electron chi connectivity index (χ1n) is 5.43. The summed E-state index contributed by atoms with van der Waals surface area (Å²) in [7, 11) is 0. The van der Waals surface area contributed by atoms with Crippen LogP contribution in [0.2, 0.25) is 0 Å². The molecule has 1 aliphatic rings. The van der Waals surface area contributed by atoms with E-state index in [1.165, 1.54) is 25.7 Å². The molecule has 1 fully saturated rings. The van der Waals surface area contributed by atoms with Crippen molar-refractivity contribution in [2.45, 2.75) is 52.0 Å². The Bertz CT molecular complexity index is 159. The van der Waals surface area contributed by atoms with Gasteiger partial charge in [0, 0.05) is 12.5 Å². The third-order valence-corrected chi connectivity index (χ3v) is 2.58. The van der Waals surface area contributed by atoms with Crippen molar-refractivity contribution >= 4 is 5.78 Å². The second kappa shape index (κ2) is 5.38. The molecule has 0 aromatic heterocycles. The van der Waals surface area contributed by atoms with Crippen LogP contribution in [0.3, 0.4) is 0 Å². The van der Waals surface area contributed by atoms with Gasteiger partial charge in [-0.1, -0.05) is 26.7 Å². The maximum Gasteiger partial charge on any atom is 0.146 e. The van der Waals surface area contributed by atoms with Crippen LogP contribution >= 0.6 is 0 Å². The van der Waals surface area contributed by atoms with Gasteiger partial charge in [0.25, 0.3) is 0 Å². The molecule has 1 aliphatic carbocycles. The monoisotopic (exact) mass is 183 g/mol. The van der Waals surface area contributed by atoms with Gasteiger partial charge < -0.3 is 5.32 Å². The van der Waals surface area contributed by atoms with Crippen LogP contribution in [0.1, 0.15) is 46.0 Å². The molecule has 1 rings (SSSR count). The minimum Gasteiger partial charge on any atom is -0.307 e. The molecular formula is C11H21NO. The van der Waals surface area contributed by atoms with Gasteiger partial charge >= 0.3 is 0 Å². The van der Waals surface area contributed by atoms with Crippen molar-refractivity contribution in [2.75, 3.05) is 6.54 Å². The topological polar surface area (TPSA) is 29.1 Å². The van der Waals surface area contributed by atoms with Gasteiger partial charge in [-0.3, -0.25) is 4.79 Å². The summed E-state index contributed by atoms with van der Waals surface area (Å²) in [5.74, 6) is 0.861. The van der Waals surface area contributed by atoms with E-state index in [4.69, 9.17) is 0 Å². The fourth-order valence-electron chi connectivity index (χ4n) is 1.92. The number of carbonyl (C=O) groups is 1. The highest BCUT2D eigenvalue weighted by Gasteiger charge is 2.15. The first kappa shape index (κ1) is 10.7. The highest BCUT2D eigenvalue weighted by Crippen LogP contribution is 2.17. The summed E-state index contributed by atoms with van der Waals surface area (Å²) in [5.41, 5.74) is 0. The van der Waals surface area contributed by atoms with Gasteiger partial charge in [0.05, 0.1) is 6.54 Å². The Morgan fingerprint density at radius 1 is 1.38 bits per heavy atom. The zero-order valence-corrected chi connectivity index (χ0v) is 8.81. The van der Waals surface area contributed by atoms with Crippen LogP contribution in [-0.2, 0) is 4.79 Å². The van der Waals surface area contributed by atoms with E-state index in [1.807, 2.05) is 0 Å². The Kier molecular flexibility index (Phi) is 4.43. The normalized spacial score (nSPS) is 18.4. The van der Waals surface area contributed by atoms with Crippen molar-refractivity contribution < 1.29 is 4.79 Å². The van der Waals surface area contributed by atoms with Crippen LogP contribution in [0.5, 0.6) is 0 Å². The van der Waals surface area contributed by atoms with E-state index in [9.17, 15) is 4.79 Å². The number of hydrogen-bond donors (Lipinski definition) is 1. The number of rotatable bonds is 5. The Morgan fingerprint density at radius 3 is 2.54 bits per heavy atom. The SMILES string of the molecule is CC(C)CC(=O)CNC1CCCC1. The van der Waals surface area contributed by atoms with Gasteiger partial charge in [0.1, 0.15) is 5.78 Å². The molecule has 0 aromatic rings. The maximum absolute atomic E-state index is 11.3.